The largest absolute Gasteiger partial charge is 0.335 e. The summed E-state index contributed by atoms with van der Waals surface area (Å²) in [5.41, 5.74) is 0.771. The molecule has 1 aromatic heterocycles. The van der Waals surface area contributed by atoms with Crippen LogP contribution in [0.15, 0.2) is 88.5 Å². The zero-order valence-electron chi connectivity index (χ0n) is 18.3. The highest BCUT2D eigenvalue weighted by atomic mass is 16.2. The average molecular weight is 454 g/mol. The SMILES string of the molecule is O=C(c1ccccc1)N1CCN(C(=O)c2ccc3c(=O)n(-c4ccccc4)c(=O)[nH]c3c2)CC1. The molecule has 3 aromatic carbocycles. The summed E-state index contributed by atoms with van der Waals surface area (Å²) in [7, 11) is 0. The molecule has 0 unspecified atom stereocenters. The number of nitrogens with zero attached hydrogens (tertiary/aromatic N) is 3. The van der Waals surface area contributed by atoms with Crippen LogP contribution in [-0.4, -0.2) is 57.3 Å². The van der Waals surface area contributed by atoms with Gasteiger partial charge >= 0.3 is 5.69 Å². The zero-order chi connectivity index (χ0) is 23.7. The summed E-state index contributed by atoms with van der Waals surface area (Å²) in [5.74, 6) is -0.257. The molecule has 2 amide bonds. The van der Waals surface area contributed by atoms with Crippen LogP contribution in [0.2, 0.25) is 0 Å². The Bertz CT molecular complexity index is 1480. The number of nitrogens with one attached hydrogen (secondary N) is 1. The first-order valence-electron chi connectivity index (χ1n) is 11.0. The molecule has 1 aliphatic rings. The van der Waals surface area contributed by atoms with E-state index in [9.17, 15) is 19.2 Å². The van der Waals surface area contributed by atoms with E-state index in [4.69, 9.17) is 0 Å². The van der Waals surface area contributed by atoms with E-state index < -0.39 is 11.2 Å². The number of benzene rings is 3. The number of H-pyrrole nitrogens is 1. The van der Waals surface area contributed by atoms with E-state index in [2.05, 4.69) is 4.98 Å². The Labute approximate surface area is 194 Å². The predicted molar refractivity (Wildman–Crippen MR) is 128 cm³/mol. The van der Waals surface area contributed by atoms with E-state index in [0.29, 0.717) is 53.9 Å². The smallest absolute Gasteiger partial charge is 0.333 e. The maximum Gasteiger partial charge on any atom is 0.333 e. The van der Waals surface area contributed by atoms with Crippen molar-refractivity contribution in [3.63, 3.8) is 0 Å². The summed E-state index contributed by atoms with van der Waals surface area (Å²) in [6.45, 7) is 1.68. The summed E-state index contributed by atoms with van der Waals surface area (Å²) < 4.78 is 1.08. The monoisotopic (exact) mass is 454 g/mol. The van der Waals surface area contributed by atoms with Gasteiger partial charge in [-0.2, -0.15) is 0 Å². The van der Waals surface area contributed by atoms with Gasteiger partial charge in [-0.1, -0.05) is 36.4 Å². The number of hydrogen-bond donors (Lipinski definition) is 1. The topological polar surface area (TPSA) is 95.5 Å². The highest BCUT2D eigenvalue weighted by Gasteiger charge is 2.25. The van der Waals surface area contributed by atoms with Crippen molar-refractivity contribution >= 4 is 22.7 Å². The van der Waals surface area contributed by atoms with Crippen LogP contribution in [-0.2, 0) is 0 Å². The molecular formula is C26H22N4O4. The molecule has 1 N–H and O–H groups in total. The average Bonchev–Trinajstić information content (AvgIpc) is 2.89. The molecule has 1 fully saturated rings. The normalized spacial score (nSPS) is 13.8. The molecule has 5 rings (SSSR count). The van der Waals surface area contributed by atoms with Gasteiger partial charge < -0.3 is 14.8 Å². The first-order chi connectivity index (χ1) is 16.5. The summed E-state index contributed by atoms with van der Waals surface area (Å²) in [6, 6.07) is 22.4. The lowest BCUT2D eigenvalue weighted by atomic mass is 10.1. The number of carbonyl (C=O) groups excluding carboxylic acids is 2. The van der Waals surface area contributed by atoms with Crippen molar-refractivity contribution in [3.05, 3.63) is 111 Å². The Kier molecular flexibility index (Phi) is 5.55. The number of rotatable bonds is 3. The highest BCUT2D eigenvalue weighted by Crippen LogP contribution is 2.15. The minimum absolute atomic E-state index is 0.0503. The fourth-order valence-electron chi connectivity index (χ4n) is 4.22. The Balaban J connectivity index is 1.36. The Morgan fingerprint density at radius 1 is 0.676 bits per heavy atom. The molecular weight excluding hydrogens is 432 g/mol. The van der Waals surface area contributed by atoms with Gasteiger partial charge in [-0.25, -0.2) is 9.36 Å². The van der Waals surface area contributed by atoms with Gasteiger partial charge in [0.1, 0.15) is 0 Å². The van der Waals surface area contributed by atoms with E-state index in [1.165, 1.54) is 6.07 Å². The van der Waals surface area contributed by atoms with Gasteiger partial charge in [0.25, 0.3) is 17.4 Å². The van der Waals surface area contributed by atoms with Crippen molar-refractivity contribution in [2.75, 3.05) is 26.2 Å². The lowest BCUT2D eigenvalue weighted by Gasteiger charge is -2.35. The standard InChI is InChI=1S/C26H22N4O4/c31-23(18-7-3-1-4-8-18)28-13-15-29(16-14-28)24(32)19-11-12-21-22(17-19)27-26(34)30(25(21)33)20-9-5-2-6-10-20/h1-12,17H,13-16H2,(H,27,34). The van der Waals surface area contributed by atoms with Crippen molar-refractivity contribution < 1.29 is 9.59 Å². The molecule has 170 valence electrons. The fourth-order valence-corrected chi connectivity index (χ4v) is 4.22. The van der Waals surface area contributed by atoms with Crippen LogP contribution < -0.4 is 11.2 Å². The van der Waals surface area contributed by atoms with Crippen molar-refractivity contribution in [3.8, 4) is 5.69 Å². The number of amides is 2. The number of hydrogen-bond acceptors (Lipinski definition) is 4. The molecule has 0 spiro atoms. The molecule has 8 nitrogen and oxygen atoms in total. The van der Waals surface area contributed by atoms with Gasteiger partial charge in [0.05, 0.1) is 16.6 Å². The third kappa shape index (κ3) is 3.90. The predicted octanol–water partition coefficient (Wildman–Crippen LogP) is 2.28. The maximum atomic E-state index is 13.1. The van der Waals surface area contributed by atoms with Gasteiger partial charge in [0, 0.05) is 37.3 Å². The molecule has 4 aromatic rings. The molecule has 34 heavy (non-hydrogen) atoms. The summed E-state index contributed by atoms with van der Waals surface area (Å²) in [5, 5.41) is 0.318. The van der Waals surface area contributed by atoms with Gasteiger partial charge in [-0.15, -0.1) is 0 Å². The molecule has 0 radical (unpaired) electrons. The van der Waals surface area contributed by atoms with Crippen molar-refractivity contribution in [2.24, 2.45) is 0 Å². The third-order valence-electron chi connectivity index (χ3n) is 6.03. The Morgan fingerprint density at radius 2 is 1.24 bits per heavy atom. The molecule has 0 atom stereocenters. The number of carbonyl (C=O) groups is 2. The third-order valence-corrected chi connectivity index (χ3v) is 6.03. The number of aromatic amines is 1. The summed E-state index contributed by atoms with van der Waals surface area (Å²) in [6.07, 6.45) is 0. The Morgan fingerprint density at radius 3 is 1.85 bits per heavy atom. The molecule has 1 aliphatic heterocycles. The number of para-hydroxylation sites is 1. The second-order valence-corrected chi connectivity index (χ2v) is 8.12. The number of aromatic nitrogens is 2. The lowest BCUT2D eigenvalue weighted by Crippen LogP contribution is -2.50. The van der Waals surface area contributed by atoms with Gasteiger partial charge in [0.15, 0.2) is 0 Å². The first kappa shape index (κ1) is 21.4. The van der Waals surface area contributed by atoms with Crippen LogP contribution in [0.4, 0.5) is 0 Å². The van der Waals surface area contributed by atoms with Crippen LogP contribution in [0.5, 0.6) is 0 Å². The minimum Gasteiger partial charge on any atom is -0.335 e. The van der Waals surface area contributed by atoms with Crippen LogP contribution in [0.3, 0.4) is 0 Å². The molecule has 8 heteroatoms. The lowest BCUT2D eigenvalue weighted by molar-refractivity contribution is 0.0535. The maximum absolute atomic E-state index is 13.1. The van der Waals surface area contributed by atoms with Crippen molar-refractivity contribution in [2.45, 2.75) is 0 Å². The van der Waals surface area contributed by atoms with Crippen LogP contribution in [0.1, 0.15) is 20.7 Å². The van der Waals surface area contributed by atoms with E-state index in [0.717, 1.165) is 4.57 Å². The quantitative estimate of drug-likeness (QED) is 0.514. The number of piperazine rings is 1. The van der Waals surface area contributed by atoms with Gasteiger partial charge in [0.2, 0.25) is 0 Å². The molecule has 0 bridgehead atoms. The minimum atomic E-state index is -0.568. The van der Waals surface area contributed by atoms with E-state index in [-0.39, 0.29) is 11.8 Å². The Hall–Kier alpha value is -4.46. The molecule has 2 heterocycles. The van der Waals surface area contributed by atoms with E-state index in [1.54, 1.807) is 64.4 Å². The van der Waals surface area contributed by atoms with Crippen LogP contribution in [0, 0.1) is 0 Å². The van der Waals surface area contributed by atoms with Crippen LogP contribution in [0.25, 0.3) is 16.6 Å². The van der Waals surface area contributed by atoms with Gasteiger partial charge in [-0.3, -0.25) is 14.4 Å². The van der Waals surface area contributed by atoms with Gasteiger partial charge in [-0.05, 0) is 42.5 Å². The second-order valence-electron chi connectivity index (χ2n) is 8.12. The van der Waals surface area contributed by atoms with E-state index in [1.807, 2.05) is 18.2 Å². The highest BCUT2D eigenvalue weighted by molar-refractivity contribution is 5.98. The summed E-state index contributed by atoms with van der Waals surface area (Å²) in [4.78, 5) is 57.5. The van der Waals surface area contributed by atoms with Crippen molar-refractivity contribution in [1.82, 2.24) is 19.4 Å². The molecule has 1 saturated heterocycles. The van der Waals surface area contributed by atoms with Crippen molar-refractivity contribution in [1.29, 1.82) is 0 Å². The second kappa shape index (κ2) is 8.82. The molecule has 0 aliphatic carbocycles. The summed E-state index contributed by atoms with van der Waals surface area (Å²) >= 11 is 0. The first-order valence-corrected chi connectivity index (χ1v) is 11.0. The zero-order valence-corrected chi connectivity index (χ0v) is 18.3. The molecule has 0 saturated carbocycles. The fraction of sp³-hybridized carbons (Fsp3) is 0.154. The van der Waals surface area contributed by atoms with Crippen LogP contribution >= 0.6 is 0 Å². The number of fused-ring (bicyclic) bond motifs is 1. The van der Waals surface area contributed by atoms with E-state index >= 15 is 0 Å².